The molecule has 0 unspecified atom stereocenters. The normalized spacial score (nSPS) is 24.4. The minimum atomic E-state index is 0.279. The molecule has 1 aromatic carbocycles. The van der Waals surface area contributed by atoms with E-state index in [9.17, 15) is 0 Å². The maximum atomic E-state index is 6.20. The van der Waals surface area contributed by atoms with Crippen molar-refractivity contribution in [2.45, 2.75) is 37.6 Å². The van der Waals surface area contributed by atoms with Crippen molar-refractivity contribution in [2.24, 2.45) is 5.73 Å². The molecular weight excluding hydrogens is 214 g/mol. The van der Waals surface area contributed by atoms with Crippen LogP contribution in [0.2, 0.25) is 0 Å². The lowest BCUT2D eigenvalue weighted by Crippen LogP contribution is -2.31. The number of benzene rings is 1. The van der Waals surface area contributed by atoms with Gasteiger partial charge in [-0.2, -0.15) is 0 Å². The van der Waals surface area contributed by atoms with Crippen molar-refractivity contribution in [3.63, 3.8) is 0 Å². The Labute approximate surface area is 103 Å². The maximum absolute atomic E-state index is 6.20. The number of nitrogens with two attached hydrogens (primary N) is 1. The Morgan fingerprint density at radius 2 is 1.76 bits per heavy atom. The molecule has 3 heteroatoms. The average Bonchev–Trinajstić information content (AvgIpc) is 2.38. The molecule has 1 aliphatic rings. The van der Waals surface area contributed by atoms with E-state index in [-0.39, 0.29) is 6.04 Å². The molecule has 0 spiro atoms. The van der Waals surface area contributed by atoms with Gasteiger partial charge in [-0.05, 0) is 36.5 Å². The van der Waals surface area contributed by atoms with E-state index in [0.29, 0.717) is 5.92 Å². The first-order valence-electron chi connectivity index (χ1n) is 6.23. The van der Waals surface area contributed by atoms with E-state index in [1.54, 1.807) is 14.2 Å². The van der Waals surface area contributed by atoms with Crippen molar-refractivity contribution in [3.8, 4) is 11.5 Å². The molecule has 17 heavy (non-hydrogen) atoms. The van der Waals surface area contributed by atoms with Crippen LogP contribution in [0.15, 0.2) is 18.2 Å². The van der Waals surface area contributed by atoms with Crippen LogP contribution in [0, 0.1) is 0 Å². The van der Waals surface area contributed by atoms with Gasteiger partial charge in [0.15, 0.2) is 11.5 Å². The second kappa shape index (κ2) is 5.41. The summed E-state index contributed by atoms with van der Waals surface area (Å²) in [7, 11) is 3.33. The summed E-state index contributed by atoms with van der Waals surface area (Å²) in [6, 6.07) is 6.42. The van der Waals surface area contributed by atoms with E-state index in [1.807, 2.05) is 6.07 Å². The standard InChI is InChI=1S/C14H21NO2/c1-16-13-8-7-10(9-14(13)17-2)11-5-3-4-6-12(11)15/h7-9,11-12H,3-6,15H2,1-2H3/t11-,12-/m1/s1. The van der Waals surface area contributed by atoms with Crippen LogP contribution in [0.1, 0.15) is 37.2 Å². The fourth-order valence-electron chi connectivity index (χ4n) is 2.66. The van der Waals surface area contributed by atoms with Crippen LogP contribution in [0.5, 0.6) is 11.5 Å². The van der Waals surface area contributed by atoms with Gasteiger partial charge < -0.3 is 15.2 Å². The number of hydrogen-bond acceptors (Lipinski definition) is 3. The zero-order valence-corrected chi connectivity index (χ0v) is 10.6. The van der Waals surface area contributed by atoms with Gasteiger partial charge in [-0.25, -0.2) is 0 Å². The predicted molar refractivity (Wildman–Crippen MR) is 68.7 cm³/mol. The zero-order chi connectivity index (χ0) is 12.3. The molecule has 0 amide bonds. The van der Waals surface area contributed by atoms with Crippen molar-refractivity contribution in [1.82, 2.24) is 0 Å². The van der Waals surface area contributed by atoms with Crippen LogP contribution in [-0.2, 0) is 0 Å². The molecule has 0 radical (unpaired) electrons. The van der Waals surface area contributed by atoms with E-state index < -0.39 is 0 Å². The summed E-state index contributed by atoms with van der Waals surface area (Å²) in [5, 5.41) is 0. The summed E-state index contributed by atoms with van der Waals surface area (Å²) in [5.41, 5.74) is 7.47. The molecule has 94 valence electrons. The van der Waals surface area contributed by atoms with Gasteiger partial charge in [-0.3, -0.25) is 0 Å². The van der Waals surface area contributed by atoms with Crippen LogP contribution in [0.25, 0.3) is 0 Å². The quantitative estimate of drug-likeness (QED) is 0.876. The molecule has 0 heterocycles. The highest BCUT2D eigenvalue weighted by Gasteiger charge is 2.24. The summed E-state index contributed by atoms with van der Waals surface area (Å²) >= 11 is 0. The highest BCUT2D eigenvalue weighted by Crippen LogP contribution is 2.36. The first-order valence-corrected chi connectivity index (χ1v) is 6.23. The van der Waals surface area contributed by atoms with Crippen LogP contribution >= 0.6 is 0 Å². The fourth-order valence-corrected chi connectivity index (χ4v) is 2.66. The second-order valence-corrected chi connectivity index (χ2v) is 4.67. The first kappa shape index (κ1) is 12.2. The van der Waals surface area contributed by atoms with Gasteiger partial charge in [0.2, 0.25) is 0 Å². The Kier molecular flexibility index (Phi) is 3.89. The van der Waals surface area contributed by atoms with E-state index in [0.717, 1.165) is 17.9 Å². The lowest BCUT2D eigenvalue weighted by Gasteiger charge is -2.29. The fraction of sp³-hybridized carbons (Fsp3) is 0.571. The Balaban J connectivity index is 2.25. The number of methoxy groups -OCH3 is 2. The van der Waals surface area contributed by atoms with Crippen molar-refractivity contribution >= 4 is 0 Å². The summed E-state index contributed by atoms with van der Waals surface area (Å²) in [6.07, 6.45) is 4.83. The highest BCUT2D eigenvalue weighted by atomic mass is 16.5. The third-order valence-corrected chi connectivity index (χ3v) is 3.66. The van der Waals surface area contributed by atoms with Gasteiger partial charge in [0.05, 0.1) is 14.2 Å². The van der Waals surface area contributed by atoms with Crippen molar-refractivity contribution in [3.05, 3.63) is 23.8 Å². The molecule has 2 N–H and O–H groups in total. The Morgan fingerprint density at radius 3 is 2.41 bits per heavy atom. The monoisotopic (exact) mass is 235 g/mol. The van der Waals surface area contributed by atoms with Crippen LogP contribution < -0.4 is 15.2 Å². The Morgan fingerprint density at radius 1 is 1.06 bits per heavy atom. The number of ether oxygens (including phenoxy) is 2. The smallest absolute Gasteiger partial charge is 0.160 e. The SMILES string of the molecule is COc1ccc([C@H]2CCCC[C@H]2N)cc1OC. The van der Waals surface area contributed by atoms with E-state index >= 15 is 0 Å². The third-order valence-electron chi connectivity index (χ3n) is 3.66. The second-order valence-electron chi connectivity index (χ2n) is 4.67. The molecule has 0 saturated heterocycles. The maximum Gasteiger partial charge on any atom is 0.160 e. The highest BCUT2D eigenvalue weighted by molar-refractivity contribution is 5.44. The van der Waals surface area contributed by atoms with E-state index in [1.165, 1.54) is 24.8 Å². The van der Waals surface area contributed by atoms with Crippen molar-refractivity contribution < 1.29 is 9.47 Å². The van der Waals surface area contributed by atoms with Crippen LogP contribution in [0.4, 0.5) is 0 Å². The average molecular weight is 235 g/mol. The molecule has 0 aliphatic heterocycles. The molecule has 3 nitrogen and oxygen atoms in total. The Hall–Kier alpha value is -1.22. The summed E-state index contributed by atoms with van der Waals surface area (Å²) in [6.45, 7) is 0. The molecule has 1 saturated carbocycles. The van der Waals surface area contributed by atoms with Gasteiger partial charge in [0.1, 0.15) is 0 Å². The topological polar surface area (TPSA) is 44.5 Å². The zero-order valence-electron chi connectivity index (χ0n) is 10.6. The molecule has 2 atom stereocenters. The van der Waals surface area contributed by atoms with E-state index in [4.69, 9.17) is 15.2 Å². The molecule has 1 aliphatic carbocycles. The summed E-state index contributed by atoms with van der Waals surface area (Å²) in [5.74, 6) is 2.03. The van der Waals surface area contributed by atoms with Crippen molar-refractivity contribution in [2.75, 3.05) is 14.2 Å². The lowest BCUT2D eigenvalue weighted by molar-refractivity contribution is 0.350. The van der Waals surface area contributed by atoms with Crippen LogP contribution in [0.3, 0.4) is 0 Å². The lowest BCUT2D eigenvalue weighted by atomic mass is 9.80. The third kappa shape index (κ3) is 2.55. The summed E-state index contributed by atoms with van der Waals surface area (Å²) in [4.78, 5) is 0. The number of rotatable bonds is 3. The van der Waals surface area contributed by atoms with Gasteiger partial charge in [0, 0.05) is 6.04 Å². The van der Waals surface area contributed by atoms with Crippen LogP contribution in [-0.4, -0.2) is 20.3 Å². The molecule has 1 aromatic rings. The largest absolute Gasteiger partial charge is 0.493 e. The van der Waals surface area contributed by atoms with E-state index in [2.05, 4.69) is 12.1 Å². The minimum Gasteiger partial charge on any atom is -0.493 e. The van der Waals surface area contributed by atoms with Gasteiger partial charge in [-0.1, -0.05) is 18.9 Å². The number of hydrogen-bond donors (Lipinski definition) is 1. The molecule has 0 aromatic heterocycles. The van der Waals surface area contributed by atoms with Crippen molar-refractivity contribution in [1.29, 1.82) is 0 Å². The predicted octanol–water partition coefficient (Wildman–Crippen LogP) is 2.69. The molecule has 1 fully saturated rings. The molecule has 0 bridgehead atoms. The molecular formula is C14H21NO2. The Bertz CT molecular complexity index is 378. The molecule has 2 rings (SSSR count). The van der Waals surface area contributed by atoms with Gasteiger partial charge >= 0.3 is 0 Å². The van der Waals surface area contributed by atoms with Gasteiger partial charge in [-0.15, -0.1) is 0 Å². The first-order chi connectivity index (χ1) is 8.26. The minimum absolute atomic E-state index is 0.279. The summed E-state index contributed by atoms with van der Waals surface area (Å²) < 4.78 is 10.6. The van der Waals surface area contributed by atoms with Gasteiger partial charge in [0.25, 0.3) is 0 Å².